The molecule has 2 heterocycles. The zero-order valence-electron chi connectivity index (χ0n) is 8.56. The largest absolute Gasteiger partial charge is 0.394 e. The topological polar surface area (TPSA) is 61.8 Å². The van der Waals surface area contributed by atoms with E-state index in [0.717, 1.165) is 12.8 Å². The molecule has 2 rings (SSSR count). The van der Waals surface area contributed by atoms with Crippen molar-refractivity contribution in [2.75, 3.05) is 19.7 Å². The minimum atomic E-state index is -0.190. The van der Waals surface area contributed by atoms with Crippen molar-refractivity contribution in [1.29, 1.82) is 0 Å². The third-order valence-electron chi connectivity index (χ3n) is 2.74. The molecule has 0 spiro atoms. The van der Waals surface area contributed by atoms with Crippen LogP contribution < -0.4 is 5.32 Å². The lowest BCUT2D eigenvalue weighted by Gasteiger charge is -2.26. The first kappa shape index (κ1) is 10.4. The zero-order chi connectivity index (χ0) is 10.7. The second kappa shape index (κ2) is 4.63. The number of nitrogens with zero attached hydrogens (tertiary/aromatic N) is 1. The number of rotatable bonds is 2. The molecule has 84 valence electrons. The highest BCUT2D eigenvalue weighted by molar-refractivity contribution is 5.75. The highest BCUT2D eigenvalue weighted by Crippen LogP contribution is 2.22. The minimum Gasteiger partial charge on any atom is -0.394 e. The summed E-state index contributed by atoms with van der Waals surface area (Å²) in [5.74, 6) is 0. The molecule has 0 saturated carbocycles. The molecule has 2 aliphatic rings. The van der Waals surface area contributed by atoms with E-state index in [2.05, 4.69) is 5.32 Å². The van der Waals surface area contributed by atoms with Crippen molar-refractivity contribution in [1.82, 2.24) is 10.2 Å². The summed E-state index contributed by atoms with van der Waals surface area (Å²) in [6, 6.07) is -0.0939. The van der Waals surface area contributed by atoms with Crippen molar-refractivity contribution in [3.05, 3.63) is 12.2 Å². The van der Waals surface area contributed by atoms with Crippen LogP contribution in [0.15, 0.2) is 12.2 Å². The van der Waals surface area contributed by atoms with Gasteiger partial charge in [0.25, 0.3) is 0 Å². The Morgan fingerprint density at radius 2 is 2.40 bits per heavy atom. The van der Waals surface area contributed by atoms with Crippen LogP contribution in [0.2, 0.25) is 0 Å². The summed E-state index contributed by atoms with van der Waals surface area (Å²) in [5.41, 5.74) is 0. The molecule has 1 saturated heterocycles. The van der Waals surface area contributed by atoms with Crippen molar-refractivity contribution in [3.63, 3.8) is 0 Å². The molecular weight excluding hydrogens is 196 g/mol. The highest BCUT2D eigenvalue weighted by atomic mass is 16.5. The zero-order valence-corrected chi connectivity index (χ0v) is 8.56. The van der Waals surface area contributed by atoms with E-state index in [-0.39, 0.29) is 25.0 Å². The van der Waals surface area contributed by atoms with Crippen LogP contribution in [0.25, 0.3) is 0 Å². The van der Waals surface area contributed by atoms with Gasteiger partial charge in [0.15, 0.2) is 0 Å². The van der Waals surface area contributed by atoms with Crippen molar-refractivity contribution in [3.8, 4) is 0 Å². The van der Waals surface area contributed by atoms with Crippen molar-refractivity contribution in [2.24, 2.45) is 0 Å². The molecule has 2 aliphatic heterocycles. The maximum absolute atomic E-state index is 11.6. The Hall–Kier alpha value is -1.07. The molecule has 0 bridgehead atoms. The number of carbonyl (C=O) groups excluding carboxylic acids is 1. The van der Waals surface area contributed by atoms with E-state index in [1.807, 2.05) is 12.2 Å². The molecular formula is C10H16N2O3. The predicted octanol–water partition coefficient (Wildman–Crippen LogP) is 0.0652. The van der Waals surface area contributed by atoms with Crippen molar-refractivity contribution in [2.45, 2.75) is 25.2 Å². The Bertz CT molecular complexity index is 267. The number of amides is 2. The summed E-state index contributed by atoms with van der Waals surface area (Å²) < 4.78 is 5.56. The number of ether oxygens (including phenoxy) is 1. The van der Waals surface area contributed by atoms with E-state index in [0.29, 0.717) is 13.1 Å². The fourth-order valence-corrected chi connectivity index (χ4v) is 1.90. The van der Waals surface area contributed by atoms with Crippen LogP contribution in [0.4, 0.5) is 4.79 Å². The van der Waals surface area contributed by atoms with Gasteiger partial charge in [-0.25, -0.2) is 4.79 Å². The van der Waals surface area contributed by atoms with Crippen LogP contribution >= 0.6 is 0 Å². The predicted molar refractivity (Wildman–Crippen MR) is 54.2 cm³/mol. The maximum atomic E-state index is 11.6. The Kier molecular flexibility index (Phi) is 3.23. The third kappa shape index (κ3) is 2.30. The van der Waals surface area contributed by atoms with Gasteiger partial charge in [-0.15, -0.1) is 0 Å². The Balaban J connectivity index is 1.97. The molecule has 15 heavy (non-hydrogen) atoms. The van der Waals surface area contributed by atoms with Crippen LogP contribution in [0.1, 0.15) is 12.8 Å². The Labute approximate surface area is 88.7 Å². The SMILES string of the molecule is O=C1NCC=CCN1C1CCC(CO)O1. The van der Waals surface area contributed by atoms with Gasteiger partial charge >= 0.3 is 6.03 Å². The molecule has 0 aromatic carbocycles. The van der Waals surface area contributed by atoms with Gasteiger partial charge in [0.05, 0.1) is 12.7 Å². The average Bonchev–Trinajstić information content (AvgIpc) is 2.62. The number of hydrogen-bond donors (Lipinski definition) is 2. The van der Waals surface area contributed by atoms with Gasteiger partial charge in [-0.2, -0.15) is 0 Å². The number of hydrogen-bond acceptors (Lipinski definition) is 3. The average molecular weight is 212 g/mol. The molecule has 5 nitrogen and oxygen atoms in total. The molecule has 0 radical (unpaired) electrons. The van der Waals surface area contributed by atoms with E-state index < -0.39 is 0 Å². The standard InChI is InChI=1S/C10H16N2O3/c13-7-8-3-4-9(15-8)12-6-2-1-5-11-10(12)14/h1-2,8-9,13H,3-7H2,(H,11,14). The fourth-order valence-electron chi connectivity index (χ4n) is 1.90. The van der Waals surface area contributed by atoms with Crippen LogP contribution in [-0.4, -0.2) is 48.1 Å². The second-order valence-electron chi connectivity index (χ2n) is 3.78. The van der Waals surface area contributed by atoms with E-state index in [1.54, 1.807) is 4.90 Å². The van der Waals surface area contributed by atoms with Gasteiger partial charge in [-0.05, 0) is 12.8 Å². The van der Waals surface area contributed by atoms with Gasteiger partial charge < -0.3 is 15.2 Å². The molecule has 2 N–H and O–H groups in total. The lowest BCUT2D eigenvalue weighted by atomic mass is 10.2. The van der Waals surface area contributed by atoms with Crippen LogP contribution in [-0.2, 0) is 4.74 Å². The monoisotopic (exact) mass is 212 g/mol. The van der Waals surface area contributed by atoms with Crippen LogP contribution in [0, 0.1) is 0 Å². The summed E-state index contributed by atoms with van der Waals surface area (Å²) >= 11 is 0. The van der Waals surface area contributed by atoms with Crippen LogP contribution in [0.5, 0.6) is 0 Å². The fraction of sp³-hybridized carbons (Fsp3) is 0.700. The third-order valence-corrected chi connectivity index (χ3v) is 2.74. The summed E-state index contributed by atoms with van der Waals surface area (Å²) in [6.07, 6.45) is 5.19. The van der Waals surface area contributed by atoms with E-state index in [4.69, 9.17) is 9.84 Å². The summed E-state index contributed by atoms with van der Waals surface area (Å²) in [5, 5.41) is 11.7. The molecule has 1 fully saturated rings. The molecule has 0 aromatic heterocycles. The maximum Gasteiger partial charge on any atom is 0.319 e. The Morgan fingerprint density at radius 1 is 1.53 bits per heavy atom. The lowest BCUT2D eigenvalue weighted by Crippen LogP contribution is -2.45. The van der Waals surface area contributed by atoms with Crippen molar-refractivity contribution < 1.29 is 14.6 Å². The van der Waals surface area contributed by atoms with Gasteiger partial charge in [0.2, 0.25) is 0 Å². The highest BCUT2D eigenvalue weighted by Gasteiger charge is 2.32. The van der Waals surface area contributed by atoms with Crippen molar-refractivity contribution >= 4 is 6.03 Å². The van der Waals surface area contributed by atoms with E-state index in [1.165, 1.54) is 0 Å². The normalized spacial score (nSPS) is 31.5. The smallest absolute Gasteiger partial charge is 0.319 e. The second-order valence-corrected chi connectivity index (χ2v) is 3.78. The first-order chi connectivity index (χ1) is 7.31. The molecule has 2 atom stereocenters. The number of carbonyl (C=O) groups is 1. The molecule has 0 aliphatic carbocycles. The van der Waals surface area contributed by atoms with Gasteiger partial charge in [0.1, 0.15) is 6.23 Å². The van der Waals surface area contributed by atoms with Gasteiger partial charge in [-0.3, -0.25) is 4.90 Å². The minimum absolute atomic E-state index is 0.0296. The quantitative estimate of drug-likeness (QED) is 0.636. The van der Waals surface area contributed by atoms with Gasteiger partial charge in [-0.1, -0.05) is 12.2 Å². The van der Waals surface area contributed by atoms with E-state index in [9.17, 15) is 4.79 Å². The number of aliphatic hydroxyl groups excluding tert-OH is 1. The molecule has 2 amide bonds. The van der Waals surface area contributed by atoms with E-state index >= 15 is 0 Å². The van der Waals surface area contributed by atoms with Gasteiger partial charge in [0, 0.05) is 13.1 Å². The molecule has 5 heteroatoms. The summed E-state index contributed by atoms with van der Waals surface area (Å²) in [6.45, 7) is 1.18. The number of nitrogens with one attached hydrogen (secondary N) is 1. The van der Waals surface area contributed by atoms with Crippen LogP contribution in [0.3, 0.4) is 0 Å². The molecule has 0 aromatic rings. The summed E-state index contributed by atoms with van der Waals surface area (Å²) in [7, 11) is 0. The number of urea groups is 1. The first-order valence-corrected chi connectivity index (χ1v) is 5.27. The summed E-state index contributed by atoms with van der Waals surface area (Å²) in [4.78, 5) is 13.3. The number of aliphatic hydroxyl groups is 1. The Morgan fingerprint density at radius 3 is 3.13 bits per heavy atom. The first-order valence-electron chi connectivity index (χ1n) is 5.27. The lowest BCUT2D eigenvalue weighted by molar-refractivity contribution is -0.0466. The molecule has 2 unspecified atom stereocenters.